The number of allylic oxidation sites excluding steroid dienone is 1. The predicted octanol–water partition coefficient (Wildman–Crippen LogP) is 2.93. The Morgan fingerprint density at radius 2 is 1.59 bits per heavy atom. The second-order valence-corrected chi connectivity index (χ2v) is 4.77. The first kappa shape index (κ1) is 17.6. The van der Waals surface area contributed by atoms with Gasteiger partial charge in [-0.1, -0.05) is 18.2 Å². The summed E-state index contributed by atoms with van der Waals surface area (Å²) in [6.07, 6.45) is 4.90. The smallest absolute Gasteiger partial charge is 0.311 e. The van der Waals surface area contributed by atoms with E-state index in [1.54, 1.807) is 30.3 Å². The molecular weight excluding hydrogens is 284 g/mol. The fourth-order valence-corrected chi connectivity index (χ4v) is 1.68. The summed E-state index contributed by atoms with van der Waals surface area (Å²) in [6, 6.07) is 6.87. The minimum absolute atomic E-state index is 0.0255. The zero-order valence-corrected chi connectivity index (χ0v) is 12.8. The molecule has 0 N–H and O–H groups in total. The first-order chi connectivity index (χ1) is 10.5. The highest BCUT2D eigenvalue weighted by Crippen LogP contribution is 2.14. The summed E-state index contributed by atoms with van der Waals surface area (Å²) in [5, 5.41) is 0. The molecule has 0 bridgehead atoms. The average molecular weight is 304 g/mol. The van der Waals surface area contributed by atoms with Gasteiger partial charge in [0, 0.05) is 12.8 Å². The lowest BCUT2D eigenvalue weighted by Gasteiger charge is -2.04. The third-order valence-corrected chi connectivity index (χ3v) is 2.86. The SMILES string of the molecule is COC(=O)CCCCC(=O)Oc1ccc(/C=C/C(C)=O)cc1. The fraction of sp³-hybridized carbons (Fsp3) is 0.353. The number of esters is 2. The molecule has 0 saturated carbocycles. The van der Waals surface area contributed by atoms with Crippen molar-refractivity contribution in [1.82, 2.24) is 0 Å². The van der Waals surface area contributed by atoms with Crippen molar-refractivity contribution in [3.8, 4) is 5.75 Å². The van der Waals surface area contributed by atoms with Crippen molar-refractivity contribution in [3.63, 3.8) is 0 Å². The normalized spacial score (nSPS) is 10.5. The molecule has 1 aromatic carbocycles. The molecule has 0 aromatic heterocycles. The van der Waals surface area contributed by atoms with Gasteiger partial charge < -0.3 is 9.47 Å². The summed E-state index contributed by atoms with van der Waals surface area (Å²) in [4.78, 5) is 33.4. The van der Waals surface area contributed by atoms with Crippen LogP contribution in [0.15, 0.2) is 30.3 Å². The number of rotatable bonds is 8. The molecule has 0 heterocycles. The van der Waals surface area contributed by atoms with Crippen LogP contribution in [0.25, 0.3) is 6.08 Å². The molecule has 0 unspecified atom stereocenters. The maximum absolute atomic E-state index is 11.6. The molecule has 22 heavy (non-hydrogen) atoms. The molecular formula is C17H20O5. The van der Waals surface area contributed by atoms with Gasteiger partial charge in [0.05, 0.1) is 7.11 Å². The standard InChI is InChI=1S/C17H20O5/c1-13(18)7-8-14-9-11-15(12-10-14)22-17(20)6-4-3-5-16(19)21-2/h7-12H,3-6H2,1-2H3/b8-7+. The number of ketones is 1. The molecule has 0 spiro atoms. The molecule has 1 aromatic rings. The Kier molecular flexibility index (Phi) is 7.61. The summed E-state index contributed by atoms with van der Waals surface area (Å²) < 4.78 is 9.70. The van der Waals surface area contributed by atoms with Gasteiger partial charge in [0.2, 0.25) is 0 Å². The number of carbonyl (C=O) groups excluding carboxylic acids is 3. The van der Waals surface area contributed by atoms with Gasteiger partial charge in [0.15, 0.2) is 5.78 Å². The summed E-state index contributed by atoms with van der Waals surface area (Å²) in [5.41, 5.74) is 0.855. The van der Waals surface area contributed by atoms with Crippen molar-refractivity contribution in [2.75, 3.05) is 7.11 Å². The predicted molar refractivity (Wildman–Crippen MR) is 82.3 cm³/mol. The van der Waals surface area contributed by atoms with Gasteiger partial charge >= 0.3 is 11.9 Å². The van der Waals surface area contributed by atoms with Gasteiger partial charge in [-0.3, -0.25) is 14.4 Å². The van der Waals surface area contributed by atoms with E-state index in [2.05, 4.69) is 4.74 Å². The number of ether oxygens (including phenoxy) is 2. The molecule has 0 amide bonds. The van der Waals surface area contributed by atoms with E-state index >= 15 is 0 Å². The minimum Gasteiger partial charge on any atom is -0.469 e. The maximum Gasteiger partial charge on any atom is 0.311 e. The Labute approximate surface area is 129 Å². The van der Waals surface area contributed by atoms with Crippen LogP contribution in [-0.2, 0) is 19.1 Å². The number of hydrogen-bond donors (Lipinski definition) is 0. The molecule has 0 atom stereocenters. The van der Waals surface area contributed by atoms with E-state index in [1.165, 1.54) is 20.1 Å². The highest BCUT2D eigenvalue weighted by molar-refractivity contribution is 5.91. The van der Waals surface area contributed by atoms with Crippen LogP contribution in [0.1, 0.15) is 38.2 Å². The van der Waals surface area contributed by atoms with E-state index in [1.807, 2.05) is 0 Å². The van der Waals surface area contributed by atoms with Gasteiger partial charge in [-0.2, -0.15) is 0 Å². The summed E-state index contributed by atoms with van der Waals surface area (Å²) in [6.45, 7) is 1.48. The Morgan fingerprint density at radius 3 is 2.14 bits per heavy atom. The lowest BCUT2D eigenvalue weighted by Crippen LogP contribution is -2.08. The maximum atomic E-state index is 11.6. The van der Waals surface area contributed by atoms with Crippen molar-refractivity contribution < 1.29 is 23.9 Å². The first-order valence-electron chi connectivity index (χ1n) is 7.07. The lowest BCUT2D eigenvalue weighted by atomic mass is 10.2. The largest absolute Gasteiger partial charge is 0.469 e. The van der Waals surface area contributed by atoms with Crippen molar-refractivity contribution in [3.05, 3.63) is 35.9 Å². The summed E-state index contributed by atoms with van der Waals surface area (Å²) in [7, 11) is 1.34. The molecule has 118 valence electrons. The number of hydrogen-bond acceptors (Lipinski definition) is 5. The molecule has 0 radical (unpaired) electrons. The van der Waals surface area contributed by atoms with E-state index in [4.69, 9.17) is 4.74 Å². The first-order valence-corrected chi connectivity index (χ1v) is 7.07. The summed E-state index contributed by atoms with van der Waals surface area (Å²) >= 11 is 0. The Bertz CT molecular complexity index is 543. The quantitative estimate of drug-likeness (QED) is 0.320. The Morgan fingerprint density at radius 1 is 1.00 bits per heavy atom. The lowest BCUT2D eigenvalue weighted by molar-refractivity contribution is -0.141. The van der Waals surface area contributed by atoms with Crippen LogP contribution in [0.3, 0.4) is 0 Å². The van der Waals surface area contributed by atoms with Crippen molar-refractivity contribution >= 4 is 23.8 Å². The zero-order chi connectivity index (χ0) is 16.4. The third-order valence-electron chi connectivity index (χ3n) is 2.86. The molecule has 1 rings (SSSR count). The number of unbranched alkanes of at least 4 members (excludes halogenated alkanes) is 1. The van der Waals surface area contributed by atoms with E-state index in [0.717, 1.165) is 5.56 Å². The van der Waals surface area contributed by atoms with Crippen molar-refractivity contribution in [2.24, 2.45) is 0 Å². The highest BCUT2D eigenvalue weighted by atomic mass is 16.5. The molecule has 0 saturated heterocycles. The van der Waals surface area contributed by atoms with Crippen molar-refractivity contribution in [2.45, 2.75) is 32.6 Å². The van der Waals surface area contributed by atoms with Gasteiger partial charge in [-0.15, -0.1) is 0 Å². The molecule has 0 fully saturated rings. The van der Waals surface area contributed by atoms with Crippen LogP contribution >= 0.6 is 0 Å². The van der Waals surface area contributed by atoms with E-state index in [-0.39, 0.29) is 24.1 Å². The van der Waals surface area contributed by atoms with E-state index in [9.17, 15) is 14.4 Å². The molecule has 5 nitrogen and oxygen atoms in total. The zero-order valence-electron chi connectivity index (χ0n) is 12.8. The second kappa shape index (κ2) is 9.50. The molecule has 0 aliphatic carbocycles. The number of methoxy groups -OCH3 is 1. The molecule has 0 aliphatic rings. The monoisotopic (exact) mass is 304 g/mol. The van der Waals surface area contributed by atoms with Gasteiger partial charge in [0.25, 0.3) is 0 Å². The molecule has 0 aliphatic heterocycles. The van der Waals surface area contributed by atoms with Crippen LogP contribution in [0, 0.1) is 0 Å². The minimum atomic E-state index is -0.336. The second-order valence-electron chi connectivity index (χ2n) is 4.77. The third kappa shape index (κ3) is 7.38. The van der Waals surface area contributed by atoms with Crippen molar-refractivity contribution in [1.29, 1.82) is 0 Å². The molecule has 5 heteroatoms. The van der Waals surface area contributed by atoms with Gasteiger partial charge in [-0.25, -0.2) is 0 Å². The van der Waals surface area contributed by atoms with Crippen LogP contribution < -0.4 is 4.74 Å². The fourth-order valence-electron chi connectivity index (χ4n) is 1.68. The van der Waals surface area contributed by atoms with Crippen LogP contribution in [0.2, 0.25) is 0 Å². The highest BCUT2D eigenvalue weighted by Gasteiger charge is 2.06. The van der Waals surface area contributed by atoms with Gasteiger partial charge in [-0.05, 0) is 43.5 Å². The number of benzene rings is 1. The number of carbonyl (C=O) groups is 3. The Balaban J connectivity index is 2.35. The van der Waals surface area contributed by atoms with Crippen LogP contribution in [-0.4, -0.2) is 24.8 Å². The Hall–Kier alpha value is -2.43. The summed E-state index contributed by atoms with van der Waals surface area (Å²) in [5.74, 6) is -0.181. The van der Waals surface area contributed by atoms with E-state index in [0.29, 0.717) is 25.0 Å². The topological polar surface area (TPSA) is 69.7 Å². The average Bonchev–Trinajstić information content (AvgIpc) is 2.50. The van der Waals surface area contributed by atoms with Gasteiger partial charge in [0.1, 0.15) is 5.75 Å². The van der Waals surface area contributed by atoms with Crippen LogP contribution in [0.5, 0.6) is 5.75 Å². The van der Waals surface area contributed by atoms with E-state index < -0.39 is 0 Å². The van der Waals surface area contributed by atoms with Crippen LogP contribution in [0.4, 0.5) is 0 Å².